The van der Waals surface area contributed by atoms with Crippen LogP contribution in [0, 0.1) is 19.9 Å². The molecule has 0 aromatic heterocycles. The van der Waals surface area contributed by atoms with E-state index in [0.717, 1.165) is 29.9 Å². The highest BCUT2D eigenvalue weighted by Crippen LogP contribution is 2.15. The second-order valence-corrected chi connectivity index (χ2v) is 3.38. The van der Waals surface area contributed by atoms with Crippen LogP contribution < -0.4 is 4.74 Å². The van der Waals surface area contributed by atoms with E-state index < -0.39 is 0 Å². The van der Waals surface area contributed by atoms with Gasteiger partial charge in [-0.25, -0.2) is 0 Å². The fraction of sp³-hybridized carbons (Fsp3) is 0.500. The van der Waals surface area contributed by atoms with Gasteiger partial charge >= 0.3 is 0 Å². The summed E-state index contributed by atoms with van der Waals surface area (Å²) in [6.07, 6.45) is 2.30. The predicted octanol–water partition coefficient (Wildman–Crippen LogP) is 3.28. The summed E-state index contributed by atoms with van der Waals surface area (Å²) in [5.41, 5.74) is 2.29. The summed E-state index contributed by atoms with van der Waals surface area (Å²) in [6.45, 7) is 7.07. The molecule has 0 aliphatic carbocycles. The van der Waals surface area contributed by atoms with Crippen molar-refractivity contribution in [3.8, 4) is 5.75 Å². The van der Waals surface area contributed by atoms with Crippen molar-refractivity contribution < 1.29 is 4.74 Å². The molecule has 1 aromatic rings. The van der Waals surface area contributed by atoms with Crippen LogP contribution in [0.25, 0.3) is 0 Å². The molecule has 0 N–H and O–H groups in total. The Kier molecular flexibility index (Phi) is 3.81. The Balaban J connectivity index is 2.56. The van der Waals surface area contributed by atoms with E-state index in [2.05, 4.69) is 13.0 Å². The zero-order valence-electron chi connectivity index (χ0n) is 8.68. The number of unbranched alkanes of at least 4 members (excludes halogenated alkanes) is 1. The van der Waals surface area contributed by atoms with Crippen LogP contribution in [0.3, 0.4) is 0 Å². The Hall–Kier alpha value is -0.980. The Morgan fingerprint density at radius 1 is 1.23 bits per heavy atom. The van der Waals surface area contributed by atoms with Crippen molar-refractivity contribution in [2.45, 2.75) is 33.6 Å². The Morgan fingerprint density at radius 2 is 1.85 bits per heavy atom. The fourth-order valence-electron chi connectivity index (χ4n) is 1.27. The van der Waals surface area contributed by atoms with E-state index in [9.17, 15) is 0 Å². The van der Waals surface area contributed by atoms with E-state index >= 15 is 0 Å². The highest BCUT2D eigenvalue weighted by Gasteiger charge is 1.96. The van der Waals surface area contributed by atoms with E-state index in [-0.39, 0.29) is 0 Å². The molecule has 0 saturated carbocycles. The van der Waals surface area contributed by atoms with E-state index in [1.807, 2.05) is 26.0 Å². The SMILES string of the molecule is CCCCOc1cc(C)[c]c(C)c1. The minimum Gasteiger partial charge on any atom is -0.494 e. The molecule has 0 saturated heterocycles. The van der Waals surface area contributed by atoms with Gasteiger partial charge in [0.15, 0.2) is 0 Å². The summed E-state index contributed by atoms with van der Waals surface area (Å²) in [6, 6.07) is 7.28. The molecular formula is C12H17O. The number of rotatable bonds is 4. The third kappa shape index (κ3) is 3.49. The largest absolute Gasteiger partial charge is 0.494 e. The molecule has 1 rings (SSSR count). The van der Waals surface area contributed by atoms with Gasteiger partial charge in [-0.05, 0) is 49.6 Å². The maximum atomic E-state index is 5.59. The summed E-state index contributed by atoms with van der Waals surface area (Å²) < 4.78 is 5.59. The van der Waals surface area contributed by atoms with Gasteiger partial charge in [-0.1, -0.05) is 13.3 Å². The van der Waals surface area contributed by atoms with Gasteiger partial charge in [0.2, 0.25) is 0 Å². The van der Waals surface area contributed by atoms with Gasteiger partial charge in [0.1, 0.15) is 5.75 Å². The lowest BCUT2D eigenvalue weighted by molar-refractivity contribution is 0.309. The first-order valence-corrected chi connectivity index (χ1v) is 4.85. The highest BCUT2D eigenvalue weighted by atomic mass is 16.5. The van der Waals surface area contributed by atoms with Gasteiger partial charge in [0, 0.05) is 0 Å². The van der Waals surface area contributed by atoms with Crippen LogP contribution in [-0.2, 0) is 0 Å². The summed E-state index contributed by atoms with van der Waals surface area (Å²) in [5.74, 6) is 0.974. The molecule has 0 aliphatic heterocycles. The normalized spacial score (nSPS) is 10.1. The standard InChI is InChI=1S/C12H17O/c1-4-5-6-13-12-8-10(2)7-11(3)9-12/h8-9H,4-6H2,1-3H3. The number of hydrogen-bond donors (Lipinski definition) is 0. The smallest absolute Gasteiger partial charge is 0.119 e. The molecule has 1 nitrogen and oxygen atoms in total. The number of ether oxygens (including phenoxy) is 1. The van der Waals surface area contributed by atoms with Crippen molar-refractivity contribution in [2.24, 2.45) is 0 Å². The summed E-state index contributed by atoms with van der Waals surface area (Å²) in [4.78, 5) is 0. The first kappa shape index (κ1) is 10.1. The molecule has 0 unspecified atom stereocenters. The molecule has 0 atom stereocenters. The number of hydrogen-bond acceptors (Lipinski definition) is 1. The second-order valence-electron chi connectivity index (χ2n) is 3.38. The average molecular weight is 177 g/mol. The molecule has 0 aliphatic rings. The summed E-state index contributed by atoms with van der Waals surface area (Å²) in [7, 11) is 0. The predicted molar refractivity (Wildman–Crippen MR) is 55.2 cm³/mol. The van der Waals surface area contributed by atoms with E-state index in [1.165, 1.54) is 6.42 Å². The molecule has 71 valence electrons. The molecule has 1 heteroatoms. The average Bonchev–Trinajstić information content (AvgIpc) is 2.03. The van der Waals surface area contributed by atoms with Crippen molar-refractivity contribution in [1.82, 2.24) is 0 Å². The van der Waals surface area contributed by atoms with Crippen molar-refractivity contribution in [2.75, 3.05) is 6.61 Å². The van der Waals surface area contributed by atoms with Crippen LogP contribution in [0.2, 0.25) is 0 Å². The van der Waals surface area contributed by atoms with E-state index in [0.29, 0.717) is 0 Å². The molecule has 0 heterocycles. The van der Waals surface area contributed by atoms with Crippen molar-refractivity contribution in [3.63, 3.8) is 0 Å². The van der Waals surface area contributed by atoms with Crippen LogP contribution in [0.4, 0.5) is 0 Å². The summed E-state index contributed by atoms with van der Waals surface area (Å²) >= 11 is 0. The van der Waals surface area contributed by atoms with Crippen molar-refractivity contribution >= 4 is 0 Å². The van der Waals surface area contributed by atoms with Crippen LogP contribution >= 0.6 is 0 Å². The topological polar surface area (TPSA) is 9.23 Å². The van der Waals surface area contributed by atoms with Gasteiger partial charge in [0.05, 0.1) is 6.61 Å². The van der Waals surface area contributed by atoms with Crippen molar-refractivity contribution in [1.29, 1.82) is 0 Å². The molecule has 13 heavy (non-hydrogen) atoms. The molecule has 0 bridgehead atoms. The molecule has 0 spiro atoms. The first-order valence-electron chi connectivity index (χ1n) is 4.85. The molecule has 0 fully saturated rings. The minimum absolute atomic E-state index is 0.819. The van der Waals surface area contributed by atoms with Gasteiger partial charge in [-0.2, -0.15) is 0 Å². The quantitative estimate of drug-likeness (QED) is 0.641. The molecule has 1 aromatic carbocycles. The molecule has 1 radical (unpaired) electrons. The third-order valence-corrected chi connectivity index (χ3v) is 1.88. The highest BCUT2D eigenvalue weighted by molar-refractivity contribution is 5.31. The third-order valence-electron chi connectivity index (χ3n) is 1.88. The van der Waals surface area contributed by atoms with Gasteiger partial charge < -0.3 is 4.74 Å². The fourth-order valence-corrected chi connectivity index (χ4v) is 1.27. The van der Waals surface area contributed by atoms with Crippen LogP contribution in [0.1, 0.15) is 30.9 Å². The molecular weight excluding hydrogens is 160 g/mol. The maximum Gasteiger partial charge on any atom is 0.119 e. The number of benzene rings is 1. The Morgan fingerprint density at radius 3 is 2.38 bits per heavy atom. The van der Waals surface area contributed by atoms with Crippen LogP contribution in [0.5, 0.6) is 5.75 Å². The maximum absolute atomic E-state index is 5.59. The lowest BCUT2D eigenvalue weighted by Crippen LogP contribution is -1.96. The van der Waals surface area contributed by atoms with Crippen LogP contribution in [0.15, 0.2) is 12.1 Å². The second kappa shape index (κ2) is 4.90. The zero-order valence-corrected chi connectivity index (χ0v) is 8.68. The lowest BCUT2D eigenvalue weighted by Gasteiger charge is -2.06. The monoisotopic (exact) mass is 177 g/mol. The first-order chi connectivity index (χ1) is 6.22. The Labute approximate surface area is 80.7 Å². The number of aryl methyl sites for hydroxylation is 2. The van der Waals surface area contributed by atoms with E-state index in [4.69, 9.17) is 4.74 Å². The Bertz CT molecular complexity index is 246. The van der Waals surface area contributed by atoms with E-state index in [1.54, 1.807) is 0 Å². The summed E-state index contributed by atoms with van der Waals surface area (Å²) in [5, 5.41) is 0. The van der Waals surface area contributed by atoms with Crippen LogP contribution in [-0.4, -0.2) is 6.61 Å². The lowest BCUT2D eigenvalue weighted by atomic mass is 10.1. The zero-order chi connectivity index (χ0) is 9.68. The van der Waals surface area contributed by atoms with Gasteiger partial charge in [0.25, 0.3) is 0 Å². The van der Waals surface area contributed by atoms with Gasteiger partial charge in [-0.3, -0.25) is 0 Å². The molecule has 0 amide bonds. The minimum atomic E-state index is 0.819. The van der Waals surface area contributed by atoms with Crippen molar-refractivity contribution in [3.05, 3.63) is 29.3 Å². The van der Waals surface area contributed by atoms with Gasteiger partial charge in [-0.15, -0.1) is 0 Å².